The van der Waals surface area contributed by atoms with E-state index in [0.717, 1.165) is 0 Å². The van der Waals surface area contributed by atoms with Crippen LogP contribution in [0.25, 0.3) is 5.70 Å². The molecule has 4 rings (SSSR count). The fourth-order valence-electron chi connectivity index (χ4n) is 2.97. The van der Waals surface area contributed by atoms with Crippen LogP contribution >= 0.6 is 23.4 Å². The van der Waals surface area contributed by atoms with Crippen molar-refractivity contribution >= 4 is 40.1 Å². The average Bonchev–Trinajstić information content (AvgIpc) is 2.67. The SMILES string of the molecule is C=CCSC1=NN2C(=c3ccccc3=NC2c2cccc(O)c2Cl)C(=O)N1. The Kier molecular flexibility index (Phi) is 4.63. The van der Waals surface area contributed by atoms with Crippen molar-refractivity contribution in [2.75, 3.05) is 5.75 Å². The Hall–Kier alpha value is -2.77. The molecule has 0 saturated heterocycles. The molecule has 1 unspecified atom stereocenters. The Bertz CT molecular complexity index is 1100. The standard InChI is InChI=1S/C19H15ClN4O2S/c1-2-10-27-19-22-18(26)16-11-6-3-4-8-13(11)21-17(24(16)23-19)12-7-5-9-14(25)15(12)20/h2-9,17,25H,1,10H2,(H,22,23,26). The lowest BCUT2D eigenvalue weighted by Gasteiger charge is -2.34. The van der Waals surface area contributed by atoms with Gasteiger partial charge in [0.2, 0.25) is 0 Å². The van der Waals surface area contributed by atoms with Gasteiger partial charge in [0.05, 0.1) is 10.4 Å². The number of hydrogen-bond donors (Lipinski definition) is 2. The topological polar surface area (TPSA) is 77.3 Å². The number of hydrogen-bond acceptors (Lipinski definition) is 6. The number of benzene rings is 2. The molecular weight excluding hydrogens is 384 g/mol. The zero-order valence-electron chi connectivity index (χ0n) is 14.1. The molecule has 2 aromatic carbocycles. The third-order valence-corrected chi connectivity index (χ3v) is 5.41. The van der Waals surface area contributed by atoms with Crippen molar-refractivity contribution in [3.63, 3.8) is 0 Å². The van der Waals surface area contributed by atoms with Crippen molar-refractivity contribution in [1.82, 2.24) is 10.3 Å². The third kappa shape index (κ3) is 3.09. The van der Waals surface area contributed by atoms with Crippen LogP contribution in [0.3, 0.4) is 0 Å². The summed E-state index contributed by atoms with van der Waals surface area (Å²) in [6, 6.07) is 12.3. The molecule has 0 bridgehead atoms. The molecule has 8 heteroatoms. The van der Waals surface area contributed by atoms with Crippen LogP contribution in [-0.2, 0) is 4.79 Å². The lowest BCUT2D eigenvalue weighted by atomic mass is 10.1. The monoisotopic (exact) mass is 398 g/mol. The first-order valence-electron chi connectivity index (χ1n) is 8.17. The van der Waals surface area contributed by atoms with Gasteiger partial charge in [-0.3, -0.25) is 15.1 Å². The lowest BCUT2D eigenvalue weighted by Crippen LogP contribution is -2.50. The Balaban J connectivity index is 1.95. The first-order valence-corrected chi connectivity index (χ1v) is 9.54. The van der Waals surface area contributed by atoms with Gasteiger partial charge in [0, 0.05) is 16.5 Å². The summed E-state index contributed by atoms with van der Waals surface area (Å²) in [5.41, 5.74) is 0.961. The highest BCUT2D eigenvalue weighted by Crippen LogP contribution is 2.37. The second-order valence-electron chi connectivity index (χ2n) is 5.85. The summed E-state index contributed by atoms with van der Waals surface area (Å²) in [7, 11) is 0. The van der Waals surface area contributed by atoms with E-state index in [-0.39, 0.29) is 16.7 Å². The van der Waals surface area contributed by atoms with E-state index in [1.807, 2.05) is 24.3 Å². The van der Waals surface area contributed by atoms with Gasteiger partial charge >= 0.3 is 0 Å². The number of carbonyl (C=O) groups is 1. The van der Waals surface area contributed by atoms with Crippen LogP contribution in [0, 0.1) is 0 Å². The third-order valence-electron chi connectivity index (χ3n) is 4.14. The van der Waals surface area contributed by atoms with Gasteiger partial charge in [-0.05, 0) is 12.1 Å². The van der Waals surface area contributed by atoms with Crippen LogP contribution in [0.4, 0.5) is 0 Å². The molecule has 2 heterocycles. The highest BCUT2D eigenvalue weighted by atomic mass is 35.5. The summed E-state index contributed by atoms with van der Waals surface area (Å²) in [6.07, 6.45) is 1.07. The van der Waals surface area contributed by atoms with Crippen molar-refractivity contribution in [1.29, 1.82) is 0 Å². The van der Waals surface area contributed by atoms with E-state index in [1.54, 1.807) is 23.2 Å². The van der Waals surface area contributed by atoms with Gasteiger partial charge < -0.3 is 5.11 Å². The average molecular weight is 399 g/mol. The van der Waals surface area contributed by atoms with Crippen LogP contribution < -0.4 is 15.9 Å². The highest BCUT2D eigenvalue weighted by Gasteiger charge is 2.35. The Morgan fingerprint density at radius 3 is 2.93 bits per heavy atom. The fourth-order valence-corrected chi connectivity index (χ4v) is 3.78. The number of phenols is 1. The van der Waals surface area contributed by atoms with Crippen LogP contribution in [-0.4, -0.2) is 26.9 Å². The van der Waals surface area contributed by atoms with E-state index in [0.29, 0.717) is 32.8 Å². The predicted octanol–water partition coefficient (Wildman–Crippen LogP) is 2.11. The molecule has 2 aliphatic heterocycles. The first-order chi connectivity index (χ1) is 13.1. The number of para-hydroxylation sites is 1. The van der Waals surface area contributed by atoms with E-state index < -0.39 is 6.17 Å². The van der Waals surface area contributed by atoms with Gasteiger partial charge in [0.1, 0.15) is 11.4 Å². The normalized spacial score (nSPS) is 18.0. The van der Waals surface area contributed by atoms with Crippen LogP contribution in [0.2, 0.25) is 5.02 Å². The predicted molar refractivity (Wildman–Crippen MR) is 107 cm³/mol. The minimum absolute atomic E-state index is 0.0449. The zero-order valence-corrected chi connectivity index (χ0v) is 15.7. The number of amides is 1. The second-order valence-corrected chi connectivity index (χ2v) is 7.24. The summed E-state index contributed by atoms with van der Waals surface area (Å²) in [5.74, 6) is 0.296. The number of nitrogens with zero attached hydrogens (tertiary/aromatic N) is 3. The largest absolute Gasteiger partial charge is 0.506 e. The quantitative estimate of drug-likeness (QED) is 0.776. The van der Waals surface area contributed by atoms with Crippen molar-refractivity contribution in [3.05, 3.63) is 76.3 Å². The van der Waals surface area contributed by atoms with Crippen LogP contribution in [0.5, 0.6) is 5.75 Å². The highest BCUT2D eigenvalue weighted by molar-refractivity contribution is 8.14. The van der Waals surface area contributed by atoms with Gasteiger partial charge in [-0.2, -0.15) is 0 Å². The maximum atomic E-state index is 12.9. The number of rotatable bonds is 3. The molecular formula is C19H15ClN4O2S. The van der Waals surface area contributed by atoms with E-state index in [4.69, 9.17) is 16.6 Å². The Labute approximate surface area is 164 Å². The van der Waals surface area contributed by atoms with Crippen molar-refractivity contribution in [2.45, 2.75) is 6.17 Å². The fraction of sp³-hybridized carbons (Fsp3) is 0.105. The van der Waals surface area contributed by atoms with Crippen molar-refractivity contribution in [2.24, 2.45) is 10.1 Å². The van der Waals surface area contributed by atoms with Gasteiger partial charge in [-0.25, -0.2) is 5.01 Å². The minimum Gasteiger partial charge on any atom is -0.506 e. The Morgan fingerprint density at radius 1 is 1.30 bits per heavy atom. The van der Waals surface area contributed by atoms with Gasteiger partial charge in [-0.15, -0.1) is 11.7 Å². The molecule has 0 saturated carbocycles. The molecule has 1 atom stereocenters. The van der Waals surface area contributed by atoms with Crippen molar-refractivity contribution in [3.8, 4) is 5.75 Å². The number of amidine groups is 1. The number of nitrogens with one attached hydrogen (secondary N) is 1. The number of hydrazone groups is 1. The molecule has 2 aromatic rings. The molecule has 6 nitrogen and oxygen atoms in total. The smallest absolute Gasteiger partial charge is 0.276 e. The minimum atomic E-state index is -0.667. The molecule has 0 fully saturated rings. The lowest BCUT2D eigenvalue weighted by molar-refractivity contribution is -0.116. The number of phenolic OH excluding ortho intramolecular Hbond substituents is 1. The zero-order chi connectivity index (χ0) is 19.0. The number of aromatic hydroxyl groups is 1. The van der Waals surface area contributed by atoms with Gasteiger partial charge in [0.25, 0.3) is 5.91 Å². The Morgan fingerprint density at radius 2 is 2.11 bits per heavy atom. The molecule has 1 amide bonds. The molecule has 2 aliphatic rings. The molecule has 0 aromatic heterocycles. The van der Waals surface area contributed by atoms with Crippen LogP contribution in [0.1, 0.15) is 11.7 Å². The molecule has 2 N–H and O–H groups in total. The molecule has 136 valence electrons. The van der Waals surface area contributed by atoms with E-state index in [9.17, 15) is 9.90 Å². The molecule has 27 heavy (non-hydrogen) atoms. The summed E-state index contributed by atoms with van der Waals surface area (Å²) in [6.45, 7) is 3.69. The van der Waals surface area contributed by atoms with E-state index in [1.165, 1.54) is 17.8 Å². The number of thioether (sulfide) groups is 1. The van der Waals surface area contributed by atoms with Gasteiger partial charge in [0.15, 0.2) is 11.3 Å². The van der Waals surface area contributed by atoms with E-state index >= 15 is 0 Å². The second kappa shape index (κ2) is 7.09. The summed E-state index contributed by atoms with van der Waals surface area (Å²) in [5, 5.41) is 21.0. The maximum Gasteiger partial charge on any atom is 0.276 e. The molecule has 0 radical (unpaired) electrons. The maximum absolute atomic E-state index is 12.9. The number of halogens is 1. The first kappa shape index (κ1) is 17.6. The summed E-state index contributed by atoms with van der Waals surface area (Å²) in [4.78, 5) is 17.6. The van der Waals surface area contributed by atoms with Gasteiger partial charge in [-0.1, -0.05) is 59.8 Å². The number of carbonyl (C=O) groups excluding carboxylic acids is 1. The van der Waals surface area contributed by atoms with Crippen molar-refractivity contribution < 1.29 is 9.90 Å². The molecule has 0 aliphatic carbocycles. The summed E-state index contributed by atoms with van der Waals surface area (Å²) >= 11 is 7.69. The van der Waals surface area contributed by atoms with E-state index in [2.05, 4.69) is 17.0 Å². The number of fused-ring (bicyclic) bond motifs is 2. The molecule has 0 spiro atoms. The van der Waals surface area contributed by atoms with Crippen LogP contribution in [0.15, 0.2) is 65.2 Å². The summed E-state index contributed by atoms with van der Waals surface area (Å²) < 4.78 is 0.